The van der Waals surface area contributed by atoms with Gasteiger partial charge in [0.2, 0.25) is 0 Å². The smallest absolute Gasteiger partial charge is 0.170 e. The Labute approximate surface area is 121 Å². The molecule has 1 atom stereocenters. The molecule has 0 saturated carbocycles. The van der Waals surface area contributed by atoms with Crippen molar-refractivity contribution in [3.05, 3.63) is 41.5 Å². The van der Waals surface area contributed by atoms with Gasteiger partial charge in [-0.15, -0.1) is 0 Å². The number of Topliss-reactive ketones (excluding diaryl/α,β-unsaturated/α-hetero) is 2. The van der Waals surface area contributed by atoms with E-state index >= 15 is 0 Å². The third-order valence-corrected chi connectivity index (χ3v) is 3.08. The summed E-state index contributed by atoms with van der Waals surface area (Å²) in [7, 11) is 3.85. The Morgan fingerprint density at radius 2 is 1.80 bits per heavy atom. The molecule has 3 heteroatoms. The van der Waals surface area contributed by atoms with Gasteiger partial charge in [-0.05, 0) is 25.7 Å². The molecule has 0 aliphatic heterocycles. The van der Waals surface area contributed by atoms with Crippen LogP contribution >= 0.6 is 0 Å². The number of allylic oxidation sites excluding steroid dienone is 1. The van der Waals surface area contributed by atoms with E-state index in [1.165, 1.54) is 0 Å². The fraction of sp³-hybridized carbons (Fsp3) is 0.412. The molecule has 0 bridgehead atoms. The van der Waals surface area contributed by atoms with E-state index in [1.807, 2.05) is 56.3 Å². The molecule has 0 aromatic heterocycles. The van der Waals surface area contributed by atoms with Crippen LogP contribution in [-0.2, 0) is 9.59 Å². The molecule has 0 N–H and O–H groups in total. The molecule has 20 heavy (non-hydrogen) atoms. The molecule has 1 rings (SSSR count). The summed E-state index contributed by atoms with van der Waals surface area (Å²) in [5, 5.41) is 0. The van der Waals surface area contributed by atoms with E-state index in [2.05, 4.69) is 0 Å². The highest BCUT2D eigenvalue weighted by Crippen LogP contribution is 2.15. The van der Waals surface area contributed by atoms with Gasteiger partial charge in [0.25, 0.3) is 0 Å². The highest BCUT2D eigenvalue weighted by molar-refractivity contribution is 6.23. The van der Waals surface area contributed by atoms with Crippen molar-refractivity contribution >= 4 is 17.6 Å². The summed E-state index contributed by atoms with van der Waals surface area (Å²) in [5.74, 6) is -0.352. The van der Waals surface area contributed by atoms with Crippen LogP contribution in [0.2, 0.25) is 0 Å². The predicted molar refractivity (Wildman–Crippen MR) is 82.4 cm³/mol. The monoisotopic (exact) mass is 273 g/mol. The first-order valence-corrected chi connectivity index (χ1v) is 6.94. The zero-order valence-electron chi connectivity index (χ0n) is 12.7. The van der Waals surface area contributed by atoms with Crippen LogP contribution in [0.4, 0.5) is 0 Å². The lowest BCUT2D eigenvalue weighted by Crippen LogP contribution is -2.28. The van der Waals surface area contributed by atoms with Crippen LogP contribution < -0.4 is 0 Å². The van der Waals surface area contributed by atoms with Gasteiger partial charge in [0.05, 0.1) is 5.57 Å². The number of benzene rings is 1. The van der Waals surface area contributed by atoms with E-state index in [4.69, 9.17) is 0 Å². The average Bonchev–Trinajstić information content (AvgIpc) is 2.43. The number of hydrogen-bond acceptors (Lipinski definition) is 3. The summed E-state index contributed by atoms with van der Waals surface area (Å²) in [6, 6.07) is 9.50. The largest absolute Gasteiger partial charge is 0.309 e. The van der Waals surface area contributed by atoms with Crippen LogP contribution in [0.25, 0.3) is 6.08 Å². The summed E-state index contributed by atoms with van der Waals surface area (Å²) in [5.41, 5.74) is 1.20. The first-order chi connectivity index (χ1) is 9.45. The van der Waals surface area contributed by atoms with Crippen molar-refractivity contribution in [2.75, 3.05) is 20.6 Å². The van der Waals surface area contributed by atoms with Crippen molar-refractivity contribution in [2.24, 2.45) is 5.92 Å². The Hall–Kier alpha value is -1.74. The zero-order valence-corrected chi connectivity index (χ0v) is 12.7. The Bertz CT molecular complexity index is 489. The number of carbonyl (C=O) groups is 2. The molecule has 108 valence electrons. The molecule has 0 spiro atoms. The maximum atomic E-state index is 12.5. The zero-order chi connectivity index (χ0) is 15.1. The normalized spacial score (nSPS) is 13.3. The van der Waals surface area contributed by atoms with Gasteiger partial charge in [0, 0.05) is 18.9 Å². The number of nitrogens with zero attached hydrogens (tertiary/aromatic N) is 1. The molecule has 1 aromatic carbocycles. The maximum absolute atomic E-state index is 12.5. The third kappa shape index (κ3) is 4.74. The Balaban J connectivity index is 3.04. The standard InChI is InChI=1S/C17H23NO2/c1-5-16(19)15(11-14-9-7-6-8-10-14)17(20)13(2)12-18(3)4/h6-11,13H,5,12H2,1-4H3. The van der Waals surface area contributed by atoms with E-state index in [-0.39, 0.29) is 17.5 Å². The highest BCUT2D eigenvalue weighted by Gasteiger charge is 2.22. The van der Waals surface area contributed by atoms with Crippen LogP contribution in [0.5, 0.6) is 0 Å². The van der Waals surface area contributed by atoms with E-state index in [9.17, 15) is 9.59 Å². The molecule has 0 fully saturated rings. The first kappa shape index (κ1) is 16.3. The van der Waals surface area contributed by atoms with E-state index in [1.54, 1.807) is 13.0 Å². The number of hydrogen-bond donors (Lipinski definition) is 0. The van der Waals surface area contributed by atoms with Gasteiger partial charge in [0.15, 0.2) is 11.6 Å². The second-order valence-electron chi connectivity index (χ2n) is 5.27. The molecule has 0 heterocycles. The summed E-state index contributed by atoms with van der Waals surface area (Å²) in [6.45, 7) is 4.29. The highest BCUT2D eigenvalue weighted by atomic mass is 16.1. The molecule has 1 unspecified atom stereocenters. The summed E-state index contributed by atoms with van der Waals surface area (Å²) < 4.78 is 0. The van der Waals surface area contributed by atoms with Gasteiger partial charge in [-0.25, -0.2) is 0 Å². The topological polar surface area (TPSA) is 37.4 Å². The minimum Gasteiger partial charge on any atom is -0.309 e. The molecular weight excluding hydrogens is 250 g/mol. The van der Waals surface area contributed by atoms with Crippen molar-refractivity contribution in [1.82, 2.24) is 4.90 Å². The second-order valence-corrected chi connectivity index (χ2v) is 5.27. The van der Waals surface area contributed by atoms with Crippen LogP contribution in [0, 0.1) is 5.92 Å². The van der Waals surface area contributed by atoms with Gasteiger partial charge in [-0.3, -0.25) is 9.59 Å². The minimum atomic E-state index is -0.185. The summed E-state index contributed by atoms with van der Waals surface area (Å²) >= 11 is 0. The lowest BCUT2D eigenvalue weighted by Gasteiger charge is -2.17. The first-order valence-electron chi connectivity index (χ1n) is 6.94. The predicted octanol–water partition coefficient (Wildman–Crippen LogP) is 2.82. The van der Waals surface area contributed by atoms with Crippen LogP contribution in [0.15, 0.2) is 35.9 Å². The van der Waals surface area contributed by atoms with Crippen LogP contribution in [-0.4, -0.2) is 37.1 Å². The van der Waals surface area contributed by atoms with Crippen molar-refractivity contribution in [3.8, 4) is 0 Å². The van der Waals surface area contributed by atoms with E-state index in [0.717, 1.165) is 5.56 Å². The SMILES string of the molecule is CCC(=O)C(=Cc1ccccc1)C(=O)C(C)CN(C)C. The van der Waals surface area contributed by atoms with Crippen molar-refractivity contribution in [1.29, 1.82) is 0 Å². The fourth-order valence-electron chi connectivity index (χ4n) is 2.09. The summed E-state index contributed by atoms with van der Waals surface area (Å²) in [6.07, 6.45) is 2.05. The molecule has 0 aliphatic rings. The maximum Gasteiger partial charge on any atom is 0.170 e. The molecule has 1 aromatic rings. The van der Waals surface area contributed by atoms with E-state index < -0.39 is 0 Å². The molecule has 0 radical (unpaired) electrons. The molecule has 0 amide bonds. The number of rotatable bonds is 7. The van der Waals surface area contributed by atoms with Crippen LogP contribution in [0.1, 0.15) is 25.8 Å². The van der Waals surface area contributed by atoms with Gasteiger partial charge < -0.3 is 4.90 Å². The van der Waals surface area contributed by atoms with Gasteiger partial charge in [-0.1, -0.05) is 44.2 Å². The van der Waals surface area contributed by atoms with Gasteiger partial charge in [-0.2, -0.15) is 0 Å². The lowest BCUT2D eigenvalue weighted by atomic mass is 9.93. The van der Waals surface area contributed by atoms with Crippen molar-refractivity contribution < 1.29 is 9.59 Å². The van der Waals surface area contributed by atoms with E-state index in [0.29, 0.717) is 18.5 Å². The number of carbonyl (C=O) groups excluding carboxylic acids is 2. The fourth-order valence-corrected chi connectivity index (χ4v) is 2.09. The molecule has 0 saturated heterocycles. The third-order valence-electron chi connectivity index (χ3n) is 3.08. The quantitative estimate of drug-likeness (QED) is 0.435. The minimum absolute atomic E-state index is 0.0746. The molecule has 3 nitrogen and oxygen atoms in total. The molecular formula is C17H23NO2. The van der Waals surface area contributed by atoms with Crippen molar-refractivity contribution in [2.45, 2.75) is 20.3 Å². The number of ketones is 2. The van der Waals surface area contributed by atoms with Gasteiger partial charge in [0.1, 0.15) is 0 Å². The lowest BCUT2D eigenvalue weighted by molar-refractivity contribution is -0.123. The van der Waals surface area contributed by atoms with Gasteiger partial charge >= 0.3 is 0 Å². The Kier molecular flexibility index (Phi) is 6.32. The summed E-state index contributed by atoms with van der Waals surface area (Å²) in [4.78, 5) is 26.5. The van der Waals surface area contributed by atoms with Crippen LogP contribution in [0.3, 0.4) is 0 Å². The average molecular weight is 273 g/mol. The second kappa shape index (κ2) is 7.75. The Morgan fingerprint density at radius 1 is 1.20 bits per heavy atom. The Morgan fingerprint density at radius 3 is 2.30 bits per heavy atom. The van der Waals surface area contributed by atoms with Crippen molar-refractivity contribution in [3.63, 3.8) is 0 Å². The molecule has 0 aliphatic carbocycles.